The quantitative estimate of drug-likeness (QED) is 0.813. The summed E-state index contributed by atoms with van der Waals surface area (Å²) in [5.74, 6) is 1.04. The first-order chi connectivity index (χ1) is 9.72. The highest BCUT2D eigenvalue weighted by Gasteiger charge is 2.21. The van der Waals surface area contributed by atoms with Crippen molar-refractivity contribution in [2.45, 2.75) is 25.5 Å². The molecule has 5 heteroatoms. The van der Waals surface area contributed by atoms with Crippen molar-refractivity contribution in [2.75, 3.05) is 24.7 Å². The molecule has 0 bridgehead atoms. The molecule has 0 spiro atoms. The van der Waals surface area contributed by atoms with Crippen LogP contribution in [0.1, 0.15) is 24.2 Å². The molecule has 0 saturated heterocycles. The third kappa shape index (κ3) is 3.98. The number of carbonyl (C=O) groups is 1. The number of rotatable bonds is 6. The zero-order chi connectivity index (χ0) is 14.4. The standard InChI is InChI=1S/C15H21NO3S/c1-2-18-15(17)13(16)9-20-10-14-12-6-4-3-5-11(12)7-8-19-14/h3-6,13-14H,2,7-10,16H2,1H3. The predicted molar refractivity (Wildman–Crippen MR) is 80.8 cm³/mol. The summed E-state index contributed by atoms with van der Waals surface area (Å²) in [4.78, 5) is 11.4. The minimum absolute atomic E-state index is 0.0966. The lowest BCUT2D eigenvalue weighted by Gasteiger charge is -2.26. The van der Waals surface area contributed by atoms with Crippen LogP contribution in [0.25, 0.3) is 0 Å². The Kier molecular flexibility index (Phi) is 5.88. The van der Waals surface area contributed by atoms with E-state index < -0.39 is 6.04 Å². The highest BCUT2D eigenvalue weighted by molar-refractivity contribution is 7.99. The van der Waals surface area contributed by atoms with Crippen LogP contribution in [0.15, 0.2) is 24.3 Å². The smallest absolute Gasteiger partial charge is 0.323 e. The van der Waals surface area contributed by atoms with Gasteiger partial charge in [-0.15, -0.1) is 0 Å². The van der Waals surface area contributed by atoms with E-state index in [0.29, 0.717) is 12.4 Å². The third-order valence-corrected chi connectivity index (χ3v) is 4.38. The van der Waals surface area contributed by atoms with Crippen molar-refractivity contribution >= 4 is 17.7 Å². The lowest BCUT2D eigenvalue weighted by molar-refractivity contribution is -0.144. The fourth-order valence-corrected chi connectivity index (χ4v) is 3.25. The zero-order valence-corrected chi connectivity index (χ0v) is 12.5. The molecule has 1 aliphatic rings. The minimum atomic E-state index is -0.557. The highest BCUT2D eigenvalue weighted by atomic mass is 32.2. The van der Waals surface area contributed by atoms with Gasteiger partial charge in [0.1, 0.15) is 6.04 Å². The normalized spacial score (nSPS) is 19.2. The molecule has 1 heterocycles. The van der Waals surface area contributed by atoms with Crippen molar-refractivity contribution in [1.29, 1.82) is 0 Å². The van der Waals surface area contributed by atoms with Crippen LogP contribution < -0.4 is 5.73 Å². The molecule has 2 N–H and O–H groups in total. The SMILES string of the molecule is CCOC(=O)C(N)CSCC1OCCc2ccccc21. The maximum atomic E-state index is 11.4. The molecule has 2 rings (SSSR count). The summed E-state index contributed by atoms with van der Waals surface area (Å²) >= 11 is 1.63. The third-order valence-electron chi connectivity index (χ3n) is 3.25. The Hall–Kier alpha value is -1.04. The van der Waals surface area contributed by atoms with E-state index in [9.17, 15) is 4.79 Å². The van der Waals surface area contributed by atoms with E-state index in [2.05, 4.69) is 18.2 Å². The van der Waals surface area contributed by atoms with Crippen LogP contribution in [-0.4, -0.2) is 36.7 Å². The largest absolute Gasteiger partial charge is 0.465 e. The summed E-state index contributed by atoms with van der Waals surface area (Å²) in [6.07, 6.45) is 1.07. The zero-order valence-electron chi connectivity index (χ0n) is 11.7. The first-order valence-electron chi connectivity index (χ1n) is 6.91. The van der Waals surface area contributed by atoms with Crippen LogP contribution in [0.2, 0.25) is 0 Å². The van der Waals surface area contributed by atoms with Crippen molar-refractivity contribution in [1.82, 2.24) is 0 Å². The Morgan fingerprint density at radius 1 is 1.55 bits per heavy atom. The number of nitrogens with two attached hydrogens (primary N) is 1. The monoisotopic (exact) mass is 295 g/mol. The Morgan fingerprint density at radius 2 is 2.35 bits per heavy atom. The average Bonchev–Trinajstić information content (AvgIpc) is 2.47. The summed E-state index contributed by atoms with van der Waals surface area (Å²) in [6.45, 7) is 2.91. The van der Waals surface area contributed by atoms with Crippen LogP contribution in [0, 0.1) is 0 Å². The van der Waals surface area contributed by atoms with Gasteiger partial charge >= 0.3 is 5.97 Å². The van der Waals surface area contributed by atoms with Crippen LogP contribution >= 0.6 is 11.8 Å². The van der Waals surface area contributed by atoms with Gasteiger partial charge in [-0.25, -0.2) is 0 Å². The van der Waals surface area contributed by atoms with E-state index in [0.717, 1.165) is 18.8 Å². The molecule has 0 saturated carbocycles. The van der Waals surface area contributed by atoms with E-state index in [4.69, 9.17) is 15.2 Å². The lowest BCUT2D eigenvalue weighted by Crippen LogP contribution is -2.35. The molecular formula is C15H21NO3S. The summed E-state index contributed by atoms with van der Waals surface area (Å²) in [5, 5.41) is 0. The predicted octanol–water partition coefficient (Wildman–Crippen LogP) is 1.92. The van der Waals surface area contributed by atoms with Crippen LogP contribution in [-0.2, 0) is 20.7 Å². The molecule has 0 amide bonds. The number of hydrogen-bond donors (Lipinski definition) is 1. The minimum Gasteiger partial charge on any atom is -0.465 e. The fourth-order valence-electron chi connectivity index (χ4n) is 2.23. The van der Waals surface area contributed by atoms with Crippen LogP contribution in [0.3, 0.4) is 0 Å². The summed E-state index contributed by atoms with van der Waals surface area (Å²) in [7, 11) is 0. The number of carbonyl (C=O) groups excluding carboxylic acids is 1. The average molecular weight is 295 g/mol. The highest BCUT2D eigenvalue weighted by Crippen LogP contribution is 2.29. The molecule has 1 aliphatic heterocycles. The molecule has 1 aromatic rings. The van der Waals surface area contributed by atoms with Crippen LogP contribution in [0.4, 0.5) is 0 Å². The van der Waals surface area contributed by atoms with Gasteiger partial charge in [-0.05, 0) is 24.5 Å². The second kappa shape index (κ2) is 7.67. The van der Waals surface area contributed by atoms with E-state index >= 15 is 0 Å². The van der Waals surface area contributed by atoms with Crippen molar-refractivity contribution in [3.05, 3.63) is 35.4 Å². The molecule has 0 fully saturated rings. The Labute approximate surface area is 124 Å². The molecule has 110 valence electrons. The van der Waals surface area contributed by atoms with Gasteiger partial charge in [-0.3, -0.25) is 4.79 Å². The van der Waals surface area contributed by atoms with Gasteiger partial charge in [0.05, 0.1) is 19.3 Å². The van der Waals surface area contributed by atoms with E-state index in [1.807, 2.05) is 6.07 Å². The van der Waals surface area contributed by atoms with E-state index in [1.165, 1.54) is 11.1 Å². The summed E-state index contributed by atoms with van der Waals surface area (Å²) in [6, 6.07) is 7.81. The lowest BCUT2D eigenvalue weighted by atomic mass is 9.99. The summed E-state index contributed by atoms with van der Waals surface area (Å²) in [5.41, 5.74) is 8.40. The van der Waals surface area contributed by atoms with Gasteiger partial charge in [-0.1, -0.05) is 24.3 Å². The maximum absolute atomic E-state index is 11.4. The second-order valence-corrected chi connectivity index (χ2v) is 5.78. The van der Waals surface area contributed by atoms with Crippen molar-refractivity contribution in [3.63, 3.8) is 0 Å². The molecular weight excluding hydrogens is 274 g/mol. The molecule has 1 aromatic carbocycles. The van der Waals surface area contributed by atoms with Crippen molar-refractivity contribution in [3.8, 4) is 0 Å². The first-order valence-corrected chi connectivity index (χ1v) is 8.07. The topological polar surface area (TPSA) is 61.5 Å². The molecule has 2 unspecified atom stereocenters. The molecule has 4 nitrogen and oxygen atoms in total. The van der Waals surface area contributed by atoms with Gasteiger partial charge in [0, 0.05) is 11.5 Å². The van der Waals surface area contributed by atoms with Crippen molar-refractivity contribution in [2.24, 2.45) is 5.73 Å². The molecule has 0 aromatic heterocycles. The molecule has 0 aliphatic carbocycles. The van der Waals surface area contributed by atoms with Gasteiger partial charge in [0.15, 0.2) is 0 Å². The number of fused-ring (bicyclic) bond motifs is 1. The van der Waals surface area contributed by atoms with Gasteiger partial charge in [0.2, 0.25) is 0 Å². The first kappa shape index (κ1) is 15.4. The number of thioether (sulfide) groups is 1. The molecule has 20 heavy (non-hydrogen) atoms. The molecule has 0 radical (unpaired) electrons. The number of ether oxygens (including phenoxy) is 2. The Bertz CT molecular complexity index is 452. The Balaban J connectivity index is 1.82. The second-order valence-electron chi connectivity index (χ2n) is 4.70. The van der Waals surface area contributed by atoms with E-state index in [-0.39, 0.29) is 12.1 Å². The number of hydrogen-bond acceptors (Lipinski definition) is 5. The molecule has 2 atom stereocenters. The van der Waals surface area contributed by atoms with Gasteiger partial charge in [0.25, 0.3) is 0 Å². The Morgan fingerprint density at radius 3 is 3.15 bits per heavy atom. The van der Waals surface area contributed by atoms with Crippen molar-refractivity contribution < 1.29 is 14.3 Å². The summed E-state index contributed by atoms with van der Waals surface area (Å²) < 4.78 is 10.7. The number of benzene rings is 1. The van der Waals surface area contributed by atoms with Gasteiger partial charge < -0.3 is 15.2 Å². The van der Waals surface area contributed by atoms with Gasteiger partial charge in [-0.2, -0.15) is 11.8 Å². The number of esters is 1. The van der Waals surface area contributed by atoms with E-state index in [1.54, 1.807) is 18.7 Å². The van der Waals surface area contributed by atoms with Crippen LogP contribution in [0.5, 0.6) is 0 Å². The fraction of sp³-hybridized carbons (Fsp3) is 0.533. The maximum Gasteiger partial charge on any atom is 0.323 e.